The number of anilines is 1. The average Bonchev–Trinajstić information content (AvgIpc) is 2.87. The van der Waals surface area contributed by atoms with E-state index in [-0.39, 0.29) is 23.8 Å². The highest BCUT2D eigenvalue weighted by Gasteiger charge is 2.61. The molecular weight excluding hydrogens is 346 g/mol. The number of nitro groups is 2. The normalized spacial score (nSPS) is 29.8. The predicted molar refractivity (Wildman–Crippen MR) is 85.1 cm³/mol. The second-order valence-corrected chi connectivity index (χ2v) is 6.90. The fourth-order valence-electron chi connectivity index (χ4n) is 4.56. The van der Waals surface area contributed by atoms with Crippen LogP contribution in [0.25, 0.3) is 0 Å². The lowest BCUT2D eigenvalue weighted by atomic mass is 9.59. The van der Waals surface area contributed by atoms with Crippen LogP contribution in [-0.4, -0.2) is 27.4 Å². The number of ketones is 1. The van der Waals surface area contributed by atoms with Crippen molar-refractivity contribution in [1.82, 2.24) is 0 Å². The lowest BCUT2D eigenvalue weighted by Crippen LogP contribution is -2.46. The molecule has 1 aromatic carbocycles. The smallest absolute Gasteiger partial charge is 0.278 e. The van der Waals surface area contributed by atoms with Gasteiger partial charge in [-0.1, -0.05) is 0 Å². The summed E-state index contributed by atoms with van der Waals surface area (Å²) in [5.41, 5.74) is -1.35. The summed E-state index contributed by atoms with van der Waals surface area (Å²) < 4.78 is 0. The second-order valence-electron chi connectivity index (χ2n) is 6.90. The fraction of sp³-hybridized carbons (Fsp3) is 0.438. The molecule has 10 nitrogen and oxygen atoms in total. The Balaban J connectivity index is 1.80. The van der Waals surface area contributed by atoms with E-state index in [1.165, 1.54) is 0 Å². The SMILES string of the molecule is O=C1C[C@@H]2CC[C@H]1[C@@H]1C(=O)N(c3cc([N+](=O)[O-])cc([N+](=O)[O-])c3)C(=O)[C@H]21. The Kier molecular flexibility index (Phi) is 3.40. The molecule has 1 saturated heterocycles. The topological polar surface area (TPSA) is 141 Å². The van der Waals surface area contributed by atoms with E-state index >= 15 is 0 Å². The minimum absolute atomic E-state index is 0.0319. The Hall–Kier alpha value is -3.17. The number of non-ortho nitro benzene ring substituents is 2. The molecule has 0 unspecified atom stereocenters. The molecular formula is C16H13N3O7. The van der Waals surface area contributed by atoms with E-state index in [4.69, 9.17) is 0 Å². The lowest BCUT2D eigenvalue weighted by molar-refractivity contribution is -0.394. The van der Waals surface area contributed by atoms with E-state index < -0.39 is 50.8 Å². The first-order valence-electron chi connectivity index (χ1n) is 8.14. The van der Waals surface area contributed by atoms with Gasteiger partial charge in [0.2, 0.25) is 11.8 Å². The van der Waals surface area contributed by atoms with Gasteiger partial charge >= 0.3 is 0 Å². The molecule has 26 heavy (non-hydrogen) atoms. The van der Waals surface area contributed by atoms with Crippen LogP contribution in [0.2, 0.25) is 0 Å². The molecule has 0 aromatic heterocycles. The number of amides is 2. The van der Waals surface area contributed by atoms with Crippen LogP contribution in [0.4, 0.5) is 17.1 Å². The Morgan fingerprint density at radius 2 is 1.46 bits per heavy atom. The molecule has 2 amide bonds. The van der Waals surface area contributed by atoms with Crippen LogP contribution in [0.3, 0.4) is 0 Å². The summed E-state index contributed by atoms with van der Waals surface area (Å²) in [6, 6.07) is 2.72. The summed E-state index contributed by atoms with van der Waals surface area (Å²) in [7, 11) is 0. The zero-order valence-corrected chi connectivity index (χ0v) is 13.4. The maximum atomic E-state index is 12.9. The molecule has 0 N–H and O–H groups in total. The van der Waals surface area contributed by atoms with Crippen molar-refractivity contribution < 1.29 is 24.2 Å². The van der Waals surface area contributed by atoms with E-state index in [0.29, 0.717) is 12.8 Å². The van der Waals surface area contributed by atoms with Crippen LogP contribution in [0.5, 0.6) is 0 Å². The highest BCUT2D eigenvalue weighted by Crippen LogP contribution is 2.52. The number of hydrogen-bond donors (Lipinski definition) is 0. The van der Waals surface area contributed by atoms with Crippen LogP contribution < -0.4 is 4.90 Å². The lowest BCUT2D eigenvalue weighted by Gasteiger charge is -2.41. The molecule has 0 spiro atoms. The summed E-state index contributed by atoms with van der Waals surface area (Å²) >= 11 is 0. The van der Waals surface area contributed by atoms with Crippen LogP contribution in [0.15, 0.2) is 18.2 Å². The molecule has 1 aromatic rings. The van der Waals surface area contributed by atoms with E-state index in [9.17, 15) is 34.6 Å². The maximum absolute atomic E-state index is 12.9. The van der Waals surface area contributed by atoms with Gasteiger partial charge in [-0.15, -0.1) is 0 Å². The fourth-order valence-corrected chi connectivity index (χ4v) is 4.56. The van der Waals surface area contributed by atoms with Gasteiger partial charge in [-0.3, -0.25) is 34.6 Å². The summed E-state index contributed by atoms with van der Waals surface area (Å²) in [4.78, 5) is 59.1. The number of nitrogens with zero attached hydrogens (tertiary/aromatic N) is 3. The van der Waals surface area contributed by atoms with Crippen LogP contribution in [0, 0.1) is 43.9 Å². The molecule has 10 heteroatoms. The van der Waals surface area contributed by atoms with Crippen LogP contribution >= 0.6 is 0 Å². The first-order valence-corrected chi connectivity index (χ1v) is 8.14. The first kappa shape index (κ1) is 16.3. The molecule has 0 radical (unpaired) electrons. The molecule has 2 bridgehead atoms. The third-order valence-corrected chi connectivity index (χ3v) is 5.63. The quantitative estimate of drug-likeness (QED) is 0.453. The van der Waals surface area contributed by atoms with Crippen molar-refractivity contribution in [2.24, 2.45) is 23.7 Å². The third kappa shape index (κ3) is 2.14. The largest absolute Gasteiger partial charge is 0.299 e. The molecule has 3 saturated carbocycles. The van der Waals surface area contributed by atoms with E-state index in [1.807, 2.05) is 0 Å². The van der Waals surface area contributed by atoms with Crippen molar-refractivity contribution >= 4 is 34.7 Å². The van der Waals surface area contributed by atoms with E-state index in [1.54, 1.807) is 0 Å². The van der Waals surface area contributed by atoms with Gasteiger partial charge in [0.1, 0.15) is 5.78 Å². The summed E-state index contributed by atoms with van der Waals surface area (Å²) in [6.45, 7) is 0. The maximum Gasteiger partial charge on any atom is 0.278 e. The summed E-state index contributed by atoms with van der Waals surface area (Å²) in [5.74, 6) is -3.28. The number of carbonyl (C=O) groups excluding carboxylic acids is 3. The van der Waals surface area contributed by atoms with Crippen molar-refractivity contribution in [2.75, 3.05) is 4.90 Å². The number of hydrogen-bond acceptors (Lipinski definition) is 7. The molecule has 4 atom stereocenters. The van der Waals surface area contributed by atoms with Crippen LogP contribution in [0.1, 0.15) is 19.3 Å². The molecule has 4 fully saturated rings. The zero-order valence-electron chi connectivity index (χ0n) is 13.4. The average molecular weight is 359 g/mol. The highest BCUT2D eigenvalue weighted by molar-refractivity contribution is 6.23. The molecule has 134 valence electrons. The number of benzene rings is 1. The third-order valence-electron chi connectivity index (χ3n) is 5.63. The van der Waals surface area contributed by atoms with Gasteiger partial charge in [-0.05, 0) is 18.8 Å². The van der Waals surface area contributed by atoms with Gasteiger partial charge in [0.05, 0.1) is 33.4 Å². The van der Waals surface area contributed by atoms with Crippen molar-refractivity contribution in [3.63, 3.8) is 0 Å². The predicted octanol–water partition coefficient (Wildman–Crippen LogP) is 1.61. The highest BCUT2D eigenvalue weighted by atomic mass is 16.6. The summed E-state index contributed by atoms with van der Waals surface area (Å²) in [6.07, 6.45) is 1.49. The van der Waals surface area contributed by atoms with Crippen molar-refractivity contribution in [3.05, 3.63) is 38.4 Å². The Morgan fingerprint density at radius 1 is 0.885 bits per heavy atom. The van der Waals surface area contributed by atoms with Gasteiger partial charge in [-0.25, -0.2) is 4.90 Å². The number of nitro benzene ring substituents is 2. The Labute approximate surface area is 146 Å². The van der Waals surface area contributed by atoms with E-state index in [2.05, 4.69) is 0 Å². The standard InChI is InChI=1S/C16H13N3O7/c20-12-3-7-1-2-11(12)14-13(7)15(21)17(16(14)22)8-4-9(18(23)24)6-10(5-8)19(25)26/h4-7,11,13-14H,1-3H2/t7-,11+,13+,14-/m0/s1. The Bertz CT molecular complexity index is 864. The van der Waals surface area contributed by atoms with E-state index in [0.717, 1.165) is 23.1 Å². The monoisotopic (exact) mass is 359 g/mol. The number of Topliss-reactive ketones (excluding diaryl/α,β-unsaturated/α-hetero) is 1. The van der Waals surface area contributed by atoms with Gasteiger partial charge in [0.15, 0.2) is 0 Å². The number of fused-ring (bicyclic) bond motifs is 2. The van der Waals surface area contributed by atoms with Gasteiger partial charge in [-0.2, -0.15) is 0 Å². The minimum atomic E-state index is -0.818. The second kappa shape index (κ2) is 5.41. The number of carbonyl (C=O) groups is 3. The molecule has 4 aliphatic rings. The number of imide groups is 1. The van der Waals surface area contributed by atoms with Crippen molar-refractivity contribution in [3.8, 4) is 0 Å². The van der Waals surface area contributed by atoms with Crippen LogP contribution in [-0.2, 0) is 14.4 Å². The van der Waals surface area contributed by atoms with Crippen molar-refractivity contribution in [2.45, 2.75) is 19.3 Å². The van der Waals surface area contributed by atoms with Gasteiger partial charge in [0.25, 0.3) is 11.4 Å². The molecule has 1 heterocycles. The Morgan fingerprint density at radius 3 is 2.00 bits per heavy atom. The first-order chi connectivity index (χ1) is 12.3. The van der Waals surface area contributed by atoms with Gasteiger partial charge in [0, 0.05) is 24.5 Å². The molecule has 3 aliphatic carbocycles. The summed E-state index contributed by atoms with van der Waals surface area (Å²) in [5, 5.41) is 22.1. The minimum Gasteiger partial charge on any atom is -0.299 e. The van der Waals surface area contributed by atoms with Crippen molar-refractivity contribution in [1.29, 1.82) is 0 Å². The zero-order chi connectivity index (χ0) is 18.7. The molecule has 5 rings (SSSR count). The van der Waals surface area contributed by atoms with Gasteiger partial charge < -0.3 is 0 Å². The number of rotatable bonds is 3. The molecule has 1 aliphatic heterocycles.